The summed E-state index contributed by atoms with van der Waals surface area (Å²) in [5.74, 6) is 0. The van der Waals surface area contributed by atoms with E-state index in [-0.39, 0.29) is 0 Å². The van der Waals surface area contributed by atoms with Crippen LogP contribution >= 0.6 is 27.5 Å². The number of aromatic nitrogens is 1. The fourth-order valence-electron chi connectivity index (χ4n) is 1.83. The molecule has 0 saturated carbocycles. The average molecular weight is 345 g/mol. The number of nitrogens with zero attached hydrogens (tertiary/aromatic N) is 1. The van der Waals surface area contributed by atoms with Gasteiger partial charge in [0.1, 0.15) is 5.60 Å². The maximum atomic E-state index is 12.1. The molecule has 102 valence electrons. The molecular formula is C14H15BrClNO2. The van der Waals surface area contributed by atoms with Gasteiger partial charge in [-0.1, -0.05) is 27.5 Å². The zero-order valence-corrected chi connectivity index (χ0v) is 13.4. The molecule has 0 unspecified atom stereocenters. The SMILES string of the molecule is CC(C)(C)OC(=O)n1ccc2cc(CBr)cc(Cl)c21. The van der Waals surface area contributed by atoms with Gasteiger partial charge in [-0.15, -0.1) is 0 Å². The van der Waals surface area contributed by atoms with Crippen molar-refractivity contribution >= 4 is 44.5 Å². The Balaban J connectivity index is 2.48. The number of fused-ring (bicyclic) bond motifs is 1. The Morgan fingerprint density at radius 1 is 1.42 bits per heavy atom. The third kappa shape index (κ3) is 3.12. The van der Waals surface area contributed by atoms with E-state index >= 15 is 0 Å². The average Bonchev–Trinajstić information content (AvgIpc) is 2.70. The summed E-state index contributed by atoms with van der Waals surface area (Å²) >= 11 is 9.65. The minimum absolute atomic E-state index is 0.420. The summed E-state index contributed by atoms with van der Waals surface area (Å²) in [4.78, 5) is 12.1. The molecule has 2 rings (SSSR count). The monoisotopic (exact) mass is 343 g/mol. The van der Waals surface area contributed by atoms with Crippen LogP contribution < -0.4 is 0 Å². The van der Waals surface area contributed by atoms with E-state index in [1.807, 2.05) is 39.0 Å². The second-order valence-electron chi connectivity index (χ2n) is 5.32. The molecule has 0 atom stereocenters. The fourth-order valence-corrected chi connectivity index (χ4v) is 2.49. The summed E-state index contributed by atoms with van der Waals surface area (Å²) in [5, 5.41) is 2.19. The van der Waals surface area contributed by atoms with Crippen LogP contribution in [0.1, 0.15) is 26.3 Å². The van der Waals surface area contributed by atoms with E-state index < -0.39 is 11.7 Å². The first-order valence-corrected chi connectivity index (χ1v) is 7.40. The van der Waals surface area contributed by atoms with Gasteiger partial charge in [0.05, 0.1) is 10.5 Å². The highest BCUT2D eigenvalue weighted by Gasteiger charge is 2.20. The second-order valence-corrected chi connectivity index (χ2v) is 6.28. The maximum absolute atomic E-state index is 12.1. The van der Waals surface area contributed by atoms with Gasteiger partial charge in [-0.3, -0.25) is 4.57 Å². The summed E-state index contributed by atoms with van der Waals surface area (Å²) in [6.07, 6.45) is 1.26. The summed E-state index contributed by atoms with van der Waals surface area (Å²) in [6, 6.07) is 5.70. The van der Waals surface area contributed by atoms with Crippen LogP contribution in [-0.2, 0) is 10.1 Å². The summed E-state index contributed by atoms with van der Waals surface area (Å²) in [5.41, 5.74) is 1.22. The molecule has 0 fully saturated rings. The molecule has 0 radical (unpaired) electrons. The molecule has 0 saturated heterocycles. The highest BCUT2D eigenvalue weighted by molar-refractivity contribution is 9.08. The predicted molar refractivity (Wildman–Crippen MR) is 81.2 cm³/mol. The van der Waals surface area contributed by atoms with Crippen molar-refractivity contribution in [2.45, 2.75) is 31.7 Å². The Kier molecular flexibility index (Phi) is 3.92. The van der Waals surface area contributed by atoms with Crippen LogP contribution in [0, 0.1) is 0 Å². The highest BCUT2D eigenvalue weighted by Crippen LogP contribution is 2.28. The Hall–Kier alpha value is -1.000. The van der Waals surface area contributed by atoms with Gasteiger partial charge in [0, 0.05) is 16.9 Å². The van der Waals surface area contributed by atoms with E-state index in [0.29, 0.717) is 10.5 Å². The van der Waals surface area contributed by atoms with E-state index in [1.165, 1.54) is 4.57 Å². The maximum Gasteiger partial charge on any atom is 0.419 e. The third-order valence-corrected chi connectivity index (χ3v) is 3.48. The van der Waals surface area contributed by atoms with Crippen LogP contribution in [0.3, 0.4) is 0 Å². The minimum atomic E-state index is -0.532. The van der Waals surface area contributed by atoms with Gasteiger partial charge in [0.2, 0.25) is 0 Å². The quantitative estimate of drug-likeness (QED) is 0.684. The molecular weight excluding hydrogens is 330 g/mol. The standard InChI is InChI=1S/C14H15BrClNO2/c1-14(2,3)19-13(18)17-5-4-10-6-9(8-15)7-11(16)12(10)17/h4-7H,8H2,1-3H3. The molecule has 0 bridgehead atoms. The van der Waals surface area contributed by atoms with Gasteiger partial charge in [0.15, 0.2) is 0 Å². The van der Waals surface area contributed by atoms with Crippen LogP contribution in [0.2, 0.25) is 5.02 Å². The van der Waals surface area contributed by atoms with Crippen molar-refractivity contribution in [1.82, 2.24) is 4.57 Å². The topological polar surface area (TPSA) is 31.2 Å². The number of hydrogen-bond acceptors (Lipinski definition) is 2. The summed E-state index contributed by atoms with van der Waals surface area (Å²) < 4.78 is 6.80. The minimum Gasteiger partial charge on any atom is -0.443 e. The van der Waals surface area contributed by atoms with Gasteiger partial charge in [-0.05, 0) is 44.5 Å². The lowest BCUT2D eigenvalue weighted by Gasteiger charge is -2.20. The molecule has 1 aromatic heterocycles. The number of halogens is 2. The fraction of sp³-hybridized carbons (Fsp3) is 0.357. The van der Waals surface area contributed by atoms with Crippen LogP contribution in [0.25, 0.3) is 10.9 Å². The summed E-state index contributed by atoms with van der Waals surface area (Å²) in [7, 11) is 0. The number of alkyl halides is 1. The van der Waals surface area contributed by atoms with Gasteiger partial charge in [0.25, 0.3) is 0 Å². The van der Waals surface area contributed by atoms with E-state index in [1.54, 1.807) is 6.20 Å². The van der Waals surface area contributed by atoms with Crippen molar-refractivity contribution in [1.29, 1.82) is 0 Å². The second kappa shape index (κ2) is 5.17. The molecule has 0 aliphatic heterocycles. The van der Waals surface area contributed by atoms with E-state index in [0.717, 1.165) is 16.3 Å². The lowest BCUT2D eigenvalue weighted by Crippen LogP contribution is -2.26. The van der Waals surface area contributed by atoms with Gasteiger partial charge < -0.3 is 4.74 Å². The Labute approximate surface area is 125 Å². The van der Waals surface area contributed by atoms with E-state index in [4.69, 9.17) is 16.3 Å². The number of benzene rings is 1. The molecule has 0 N–H and O–H groups in total. The number of ether oxygens (including phenoxy) is 1. The van der Waals surface area contributed by atoms with E-state index in [2.05, 4.69) is 15.9 Å². The molecule has 5 heteroatoms. The first-order chi connectivity index (χ1) is 8.81. The molecule has 3 nitrogen and oxygen atoms in total. The smallest absolute Gasteiger partial charge is 0.419 e. The van der Waals surface area contributed by atoms with Crippen molar-refractivity contribution in [3.8, 4) is 0 Å². The molecule has 1 heterocycles. The molecule has 19 heavy (non-hydrogen) atoms. The number of hydrogen-bond donors (Lipinski definition) is 0. The lowest BCUT2D eigenvalue weighted by atomic mass is 10.2. The molecule has 0 aliphatic carbocycles. The van der Waals surface area contributed by atoms with Crippen LogP contribution in [-0.4, -0.2) is 16.3 Å². The van der Waals surface area contributed by atoms with E-state index in [9.17, 15) is 4.79 Å². The molecule has 0 aliphatic rings. The number of rotatable bonds is 1. The normalized spacial score (nSPS) is 11.8. The molecule has 0 amide bonds. The Morgan fingerprint density at radius 2 is 2.11 bits per heavy atom. The van der Waals surface area contributed by atoms with Crippen molar-refractivity contribution < 1.29 is 9.53 Å². The number of carbonyl (C=O) groups excluding carboxylic acids is 1. The first-order valence-electron chi connectivity index (χ1n) is 5.90. The van der Waals surface area contributed by atoms with Crippen molar-refractivity contribution in [2.24, 2.45) is 0 Å². The zero-order chi connectivity index (χ0) is 14.2. The van der Waals surface area contributed by atoms with Gasteiger partial charge in [-0.2, -0.15) is 0 Å². The van der Waals surface area contributed by atoms with Crippen molar-refractivity contribution in [3.05, 3.63) is 35.0 Å². The largest absolute Gasteiger partial charge is 0.443 e. The Morgan fingerprint density at radius 3 is 2.68 bits per heavy atom. The number of carbonyl (C=O) groups is 1. The van der Waals surface area contributed by atoms with Crippen molar-refractivity contribution in [3.63, 3.8) is 0 Å². The van der Waals surface area contributed by atoms with Crippen LogP contribution in [0.5, 0.6) is 0 Å². The van der Waals surface area contributed by atoms with Gasteiger partial charge >= 0.3 is 6.09 Å². The predicted octanol–water partition coefficient (Wildman–Crippen LogP) is 4.97. The zero-order valence-electron chi connectivity index (χ0n) is 11.0. The Bertz CT molecular complexity index is 628. The molecule has 1 aromatic carbocycles. The highest BCUT2D eigenvalue weighted by atomic mass is 79.9. The lowest BCUT2D eigenvalue weighted by molar-refractivity contribution is 0.0544. The molecule has 2 aromatic rings. The van der Waals surface area contributed by atoms with Crippen LogP contribution in [0.4, 0.5) is 4.79 Å². The van der Waals surface area contributed by atoms with Crippen molar-refractivity contribution in [2.75, 3.05) is 0 Å². The first kappa shape index (κ1) is 14.4. The molecule has 0 spiro atoms. The van der Waals surface area contributed by atoms with Crippen LogP contribution in [0.15, 0.2) is 24.4 Å². The summed E-state index contributed by atoms with van der Waals surface area (Å²) in [6.45, 7) is 5.50. The van der Waals surface area contributed by atoms with Gasteiger partial charge in [-0.25, -0.2) is 4.79 Å². The third-order valence-electron chi connectivity index (χ3n) is 2.54.